The Morgan fingerprint density at radius 3 is 2.64 bits per heavy atom. The largest absolute Gasteiger partial charge is 0.207 e. The van der Waals surface area contributed by atoms with E-state index in [0.29, 0.717) is 5.82 Å². The molecule has 1 saturated carbocycles. The molecule has 0 unspecified atom stereocenters. The second-order valence-electron chi connectivity index (χ2n) is 4.12. The van der Waals surface area contributed by atoms with Crippen molar-refractivity contribution >= 4 is 12.7 Å². The molecular formula is C12H15BF. The number of hydrogen-bond acceptors (Lipinski definition) is 0. The Bertz CT molecular complexity index is 292. The van der Waals surface area contributed by atoms with Gasteiger partial charge in [-0.15, -0.1) is 0 Å². The maximum absolute atomic E-state index is 12.9. The lowest BCUT2D eigenvalue weighted by Gasteiger charge is -2.20. The first-order chi connectivity index (χ1) is 6.84. The summed E-state index contributed by atoms with van der Waals surface area (Å²) >= 11 is 0. The number of benzene rings is 1. The number of halogens is 1. The molecule has 2 heteroatoms. The molecule has 0 bridgehead atoms. The fourth-order valence-corrected chi connectivity index (χ4v) is 2.18. The standard InChI is InChI=1S/C12H15BF/c14-12-8-4-7-11(9-12)13-10-5-2-1-3-6-10/h4,7-10H,1-3,5-6H2. The van der Waals surface area contributed by atoms with E-state index in [1.807, 2.05) is 6.07 Å². The molecule has 14 heavy (non-hydrogen) atoms. The summed E-state index contributed by atoms with van der Waals surface area (Å²) in [5.74, 6) is 0.542. The van der Waals surface area contributed by atoms with Crippen LogP contribution in [0.5, 0.6) is 0 Å². The predicted molar refractivity (Wildman–Crippen MR) is 58.6 cm³/mol. The maximum Gasteiger partial charge on any atom is 0.155 e. The summed E-state index contributed by atoms with van der Waals surface area (Å²) in [6.07, 6.45) is 6.58. The monoisotopic (exact) mass is 189 g/mol. The highest BCUT2D eigenvalue weighted by molar-refractivity contribution is 6.54. The average Bonchev–Trinajstić information content (AvgIpc) is 2.19. The minimum Gasteiger partial charge on any atom is -0.207 e. The molecule has 1 radical (unpaired) electrons. The first-order valence-electron chi connectivity index (χ1n) is 5.45. The third-order valence-electron chi connectivity index (χ3n) is 2.93. The zero-order valence-corrected chi connectivity index (χ0v) is 8.38. The molecule has 0 atom stereocenters. The van der Waals surface area contributed by atoms with E-state index < -0.39 is 0 Å². The lowest BCUT2D eigenvalue weighted by Crippen LogP contribution is -2.21. The second kappa shape index (κ2) is 4.63. The zero-order chi connectivity index (χ0) is 9.80. The van der Waals surface area contributed by atoms with Crippen LogP contribution in [0.2, 0.25) is 5.82 Å². The maximum atomic E-state index is 12.9. The molecule has 1 fully saturated rings. The molecule has 1 aliphatic rings. The van der Waals surface area contributed by atoms with Crippen molar-refractivity contribution in [3.8, 4) is 0 Å². The molecule has 2 rings (SSSR count). The molecule has 1 aromatic rings. The highest BCUT2D eigenvalue weighted by atomic mass is 19.1. The van der Waals surface area contributed by atoms with Gasteiger partial charge in [0.2, 0.25) is 0 Å². The van der Waals surface area contributed by atoms with E-state index in [4.69, 9.17) is 0 Å². The Labute approximate surface area is 85.8 Å². The molecule has 0 saturated heterocycles. The van der Waals surface area contributed by atoms with Crippen molar-refractivity contribution in [1.29, 1.82) is 0 Å². The van der Waals surface area contributed by atoms with Gasteiger partial charge in [0.05, 0.1) is 0 Å². The predicted octanol–water partition coefficient (Wildman–Crippen LogP) is 2.91. The van der Waals surface area contributed by atoms with Gasteiger partial charge in [-0.25, -0.2) is 4.39 Å². The Hall–Kier alpha value is -0.785. The summed E-state index contributed by atoms with van der Waals surface area (Å²) in [5.41, 5.74) is 1.04. The van der Waals surface area contributed by atoms with Crippen LogP contribution in [0, 0.1) is 5.82 Å². The molecule has 0 amide bonds. The van der Waals surface area contributed by atoms with Crippen molar-refractivity contribution in [1.82, 2.24) is 0 Å². The summed E-state index contributed by atoms with van der Waals surface area (Å²) in [5, 5.41) is 0. The van der Waals surface area contributed by atoms with Crippen molar-refractivity contribution in [3.63, 3.8) is 0 Å². The Morgan fingerprint density at radius 1 is 1.14 bits per heavy atom. The van der Waals surface area contributed by atoms with Gasteiger partial charge < -0.3 is 0 Å². The molecule has 0 aromatic heterocycles. The van der Waals surface area contributed by atoms with Crippen LogP contribution in [-0.4, -0.2) is 7.28 Å². The van der Waals surface area contributed by atoms with Crippen LogP contribution in [0.25, 0.3) is 0 Å². The van der Waals surface area contributed by atoms with Gasteiger partial charge in [-0.3, -0.25) is 0 Å². The summed E-state index contributed by atoms with van der Waals surface area (Å²) < 4.78 is 12.9. The lowest BCUT2D eigenvalue weighted by molar-refractivity contribution is 0.502. The van der Waals surface area contributed by atoms with Crippen LogP contribution < -0.4 is 5.46 Å². The third-order valence-corrected chi connectivity index (χ3v) is 2.93. The van der Waals surface area contributed by atoms with Crippen molar-refractivity contribution < 1.29 is 4.39 Å². The fourth-order valence-electron chi connectivity index (χ4n) is 2.18. The van der Waals surface area contributed by atoms with E-state index in [9.17, 15) is 4.39 Å². The van der Waals surface area contributed by atoms with Crippen molar-refractivity contribution in [2.24, 2.45) is 0 Å². The fraction of sp³-hybridized carbons (Fsp3) is 0.500. The molecule has 1 aliphatic carbocycles. The van der Waals surface area contributed by atoms with Crippen LogP contribution >= 0.6 is 0 Å². The van der Waals surface area contributed by atoms with E-state index in [-0.39, 0.29) is 5.82 Å². The molecule has 1 aromatic carbocycles. The quantitative estimate of drug-likeness (QED) is 0.627. The van der Waals surface area contributed by atoms with Gasteiger partial charge in [0.1, 0.15) is 5.82 Å². The Balaban J connectivity index is 1.95. The molecule has 0 nitrogen and oxygen atoms in total. The Kier molecular flexibility index (Phi) is 3.23. The molecule has 73 valence electrons. The summed E-state index contributed by atoms with van der Waals surface area (Å²) in [6.45, 7) is 0. The van der Waals surface area contributed by atoms with E-state index >= 15 is 0 Å². The summed E-state index contributed by atoms with van der Waals surface area (Å²) in [6, 6.07) is 6.88. The Morgan fingerprint density at radius 2 is 1.93 bits per heavy atom. The summed E-state index contributed by atoms with van der Waals surface area (Å²) in [4.78, 5) is 0. The molecule has 0 N–H and O–H groups in total. The van der Waals surface area contributed by atoms with Crippen molar-refractivity contribution in [2.45, 2.75) is 37.9 Å². The average molecular weight is 189 g/mol. The van der Waals surface area contributed by atoms with Gasteiger partial charge in [0.25, 0.3) is 0 Å². The first kappa shape index (κ1) is 9.76. The van der Waals surface area contributed by atoms with Crippen LogP contribution in [0.1, 0.15) is 32.1 Å². The molecule has 0 spiro atoms. The normalized spacial score (nSPS) is 18.1. The van der Waals surface area contributed by atoms with Gasteiger partial charge in [0.15, 0.2) is 7.28 Å². The minimum absolute atomic E-state index is 0.130. The van der Waals surface area contributed by atoms with Crippen LogP contribution in [0.3, 0.4) is 0 Å². The van der Waals surface area contributed by atoms with Gasteiger partial charge in [-0.2, -0.15) is 0 Å². The molecule has 0 heterocycles. The van der Waals surface area contributed by atoms with Gasteiger partial charge in [0, 0.05) is 0 Å². The van der Waals surface area contributed by atoms with Crippen molar-refractivity contribution in [2.75, 3.05) is 0 Å². The molecular weight excluding hydrogens is 174 g/mol. The lowest BCUT2D eigenvalue weighted by atomic mass is 9.55. The topological polar surface area (TPSA) is 0 Å². The van der Waals surface area contributed by atoms with Gasteiger partial charge in [-0.1, -0.05) is 55.5 Å². The van der Waals surface area contributed by atoms with E-state index in [1.165, 1.54) is 38.2 Å². The van der Waals surface area contributed by atoms with Gasteiger partial charge in [-0.05, 0) is 12.1 Å². The van der Waals surface area contributed by atoms with Crippen LogP contribution in [-0.2, 0) is 0 Å². The number of rotatable bonds is 2. The van der Waals surface area contributed by atoms with E-state index in [0.717, 1.165) is 5.46 Å². The highest BCUT2D eigenvalue weighted by Gasteiger charge is 2.15. The molecule has 0 aliphatic heterocycles. The first-order valence-corrected chi connectivity index (χ1v) is 5.45. The second-order valence-corrected chi connectivity index (χ2v) is 4.12. The minimum atomic E-state index is -0.130. The highest BCUT2D eigenvalue weighted by Crippen LogP contribution is 2.27. The van der Waals surface area contributed by atoms with Gasteiger partial charge >= 0.3 is 0 Å². The smallest absolute Gasteiger partial charge is 0.155 e. The van der Waals surface area contributed by atoms with E-state index in [2.05, 4.69) is 7.28 Å². The summed E-state index contributed by atoms with van der Waals surface area (Å²) in [7, 11) is 2.22. The van der Waals surface area contributed by atoms with Crippen LogP contribution in [0.15, 0.2) is 24.3 Å². The third kappa shape index (κ3) is 2.60. The SMILES string of the molecule is Fc1cccc([B]C2CCCCC2)c1. The number of hydrogen-bond donors (Lipinski definition) is 0. The van der Waals surface area contributed by atoms with E-state index in [1.54, 1.807) is 12.1 Å². The zero-order valence-electron chi connectivity index (χ0n) is 8.38. The van der Waals surface area contributed by atoms with Crippen LogP contribution in [0.4, 0.5) is 4.39 Å². The van der Waals surface area contributed by atoms with Crippen molar-refractivity contribution in [3.05, 3.63) is 30.1 Å².